The average Bonchev–Trinajstić information content (AvgIpc) is 2.83. The number of thiazole rings is 1. The van der Waals surface area contributed by atoms with E-state index in [-0.39, 0.29) is 30.7 Å². The van der Waals surface area contributed by atoms with Crippen LogP contribution in [-0.2, 0) is 4.79 Å². The molecular weight excluding hydrogens is 341 g/mol. The molecule has 2 saturated heterocycles. The summed E-state index contributed by atoms with van der Waals surface area (Å²) in [6.07, 6.45) is 2.26. The molecule has 22 heavy (non-hydrogen) atoms. The molecule has 4 nitrogen and oxygen atoms in total. The van der Waals surface area contributed by atoms with E-state index in [4.69, 9.17) is 0 Å². The van der Waals surface area contributed by atoms with Crippen LogP contribution in [0.15, 0.2) is 5.38 Å². The lowest BCUT2D eigenvalue weighted by molar-refractivity contribution is -0.138. The molecule has 126 valence electrons. The Hall–Kier alpha value is -0.360. The highest BCUT2D eigenvalue weighted by atomic mass is 35.5. The fraction of sp³-hybridized carbons (Fsp3) is 0.733. The number of aromatic nitrogens is 1. The van der Waals surface area contributed by atoms with E-state index >= 15 is 0 Å². The summed E-state index contributed by atoms with van der Waals surface area (Å²) in [5.41, 5.74) is 1.10. The third-order valence-corrected chi connectivity index (χ3v) is 5.75. The Morgan fingerprint density at radius 3 is 2.73 bits per heavy atom. The maximum atomic E-state index is 12.6. The van der Waals surface area contributed by atoms with Crippen molar-refractivity contribution < 1.29 is 4.79 Å². The van der Waals surface area contributed by atoms with Crippen molar-refractivity contribution in [1.29, 1.82) is 0 Å². The summed E-state index contributed by atoms with van der Waals surface area (Å²) in [7, 11) is 0. The van der Waals surface area contributed by atoms with Crippen LogP contribution in [0.25, 0.3) is 0 Å². The summed E-state index contributed by atoms with van der Waals surface area (Å²) in [6.45, 7) is 7.90. The van der Waals surface area contributed by atoms with Gasteiger partial charge in [-0.1, -0.05) is 6.92 Å². The first-order valence-electron chi connectivity index (χ1n) is 7.56. The minimum atomic E-state index is 0. The molecule has 2 unspecified atom stereocenters. The molecule has 0 bridgehead atoms. The number of halogens is 2. The van der Waals surface area contributed by atoms with Crippen LogP contribution in [0.4, 0.5) is 0 Å². The van der Waals surface area contributed by atoms with E-state index in [0.29, 0.717) is 17.7 Å². The molecule has 0 saturated carbocycles. The van der Waals surface area contributed by atoms with Crippen molar-refractivity contribution in [2.24, 2.45) is 11.8 Å². The minimum absolute atomic E-state index is 0. The molecule has 2 fully saturated rings. The van der Waals surface area contributed by atoms with Crippen LogP contribution >= 0.6 is 36.2 Å². The molecule has 0 radical (unpaired) electrons. The van der Waals surface area contributed by atoms with Crippen molar-refractivity contribution in [3.8, 4) is 0 Å². The van der Waals surface area contributed by atoms with Crippen LogP contribution in [0.2, 0.25) is 0 Å². The quantitative estimate of drug-likeness (QED) is 0.895. The second kappa shape index (κ2) is 8.48. The van der Waals surface area contributed by atoms with Gasteiger partial charge < -0.3 is 10.2 Å². The SMILES string of the molecule is Cc1csc(C2CCCN(C(=O)C(C)C3CNC3)C2)n1.Cl.Cl. The topological polar surface area (TPSA) is 45.2 Å². The van der Waals surface area contributed by atoms with Crippen molar-refractivity contribution >= 4 is 42.1 Å². The maximum absolute atomic E-state index is 12.6. The van der Waals surface area contributed by atoms with Gasteiger partial charge in [0.05, 0.1) is 5.01 Å². The van der Waals surface area contributed by atoms with Crippen LogP contribution < -0.4 is 5.32 Å². The summed E-state index contributed by atoms with van der Waals surface area (Å²) >= 11 is 1.74. The van der Waals surface area contributed by atoms with Crippen LogP contribution in [0.3, 0.4) is 0 Å². The van der Waals surface area contributed by atoms with Gasteiger partial charge in [-0.2, -0.15) is 0 Å². The summed E-state index contributed by atoms with van der Waals surface area (Å²) in [5, 5.41) is 6.57. The zero-order chi connectivity index (χ0) is 14.1. The molecule has 3 heterocycles. The van der Waals surface area contributed by atoms with E-state index in [0.717, 1.165) is 44.7 Å². The van der Waals surface area contributed by atoms with Gasteiger partial charge in [-0.25, -0.2) is 4.98 Å². The molecule has 2 atom stereocenters. The first-order valence-corrected chi connectivity index (χ1v) is 8.44. The summed E-state index contributed by atoms with van der Waals surface area (Å²) < 4.78 is 0. The van der Waals surface area contributed by atoms with E-state index in [1.165, 1.54) is 5.01 Å². The van der Waals surface area contributed by atoms with Gasteiger partial charge in [0.25, 0.3) is 0 Å². The third-order valence-electron chi connectivity index (χ3n) is 4.63. The number of piperidine rings is 1. The maximum Gasteiger partial charge on any atom is 0.225 e. The first kappa shape index (κ1) is 19.7. The Morgan fingerprint density at radius 1 is 1.45 bits per heavy atom. The molecule has 0 aliphatic carbocycles. The number of carbonyl (C=O) groups is 1. The predicted molar refractivity (Wildman–Crippen MR) is 95.4 cm³/mol. The second-order valence-corrected chi connectivity index (χ2v) is 7.05. The highest BCUT2D eigenvalue weighted by molar-refractivity contribution is 7.09. The van der Waals surface area contributed by atoms with Crippen LogP contribution in [0, 0.1) is 18.8 Å². The monoisotopic (exact) mass is 365 g/mol. The molecule has 2 aliphatic rings. The Kier molecular flexibility index (Phi) is 7.59. The first-order chi connectivity index (χ1) is 9.65. The van der Waals surface area contributed by atoms with Gasteiger partial charge in [0.1, 0.15) is 0 Å². The largest absolute Gasteiger partial charge is 0.342 e. The Morgan fingerprint density at radius 2 is 2.18 bits per heavy atom. The van der Waals surface area contributed by atoms with Crippen LogP contribution in [0.1, 0.15) is 36.4 Å². The second-order valence-electron chi connectivity index (χ2n) is 6.16. The number of nitrogens with one attached hydrogen (secondary N) is 1. The molecule has 2 aliphatic heterocycles. The lowest BCUT2D eigenvalue weighted by Crippen LogP contribution is -2.51. The molecule has 1 N–H and O–H groups in total. The number of rotatable bonds is 3. The summed E-state index contributed by atoms with van der Waals surface area (Å²) in [5.74, 6) is 1.48. The molecule has 0 aromatic carbocycles. The molecule has 3 rings (SSSR count). The van der Waals surface area contributed by atoms with Crippen molar-refractivity contribution in [1.82, 2.24) is 15.2 Å². The lowest BCUT2D eigenvalue weighted by atomic mass is 9.87. The van der Waals surface area contributed by atoms with E-state index in [1.54, 1.807) is 11.3 Å². The fourth-order valence-corrected chi connectivity index (χ4v) is 4.02. The highest BCUT2D eigenvalue weighted by Gasteiger charge is 2.34. The highest BCUT2D eigenvalue weighted by Crippen LogP contribution is 2.30. The number of carbonyl (C=O) groups excluding carboxylic acids is 1. The average molecular weight is 366 g/mol. The van der Waals surface area contributed by atoms with E-state index in [9.17, 15) is 4.79 Å². The number of aryl methyl sites for hydroxylation is 1. The van der Waals surface area contributed by atoms with Gasteiger partial charge in [-0.3, -0.25) is 4.79 Å². The molecular formula is C15H25Cl2N3OS. The van der Waals surface area contributed by atoms with Gasteiger partial charge in [0, 0.05) is 36.0 Å². The molecule has 1 amide bonds. The summed E-state index contributed by atoms with van der Waals surface area (Å²) in [4.78, 5) is 19.3. The van der Waals surface area contributed by atoms with E-state index in [2.05, 4.69) is 27.5 Å². The van der Waals surface area contributed by atoms with Crippen molar-refractivity contribution in [2.75, 3.05) is 26.2 Å². The zero-order valence-corrected chi connectivity index (χ0v) is 15.5. The van der Waals surface area contributed by atoms with Crippen molar-refractivity contribution in [3.05, 3.63) is 16.1 Å². The van der Waals surface area contributed by atoms with Gasteiger partial charge in [0.15, 0.2) is 0 Å². The van der Waals surface area contributed by atoms with Crippen molar-refractivity contribution in [2.45, 2.75) is 32.6 Å². The molecule has 7 heteroatoms. The number of nitrogens with zero attached hydrogens (tertiary/aromatic N) is 2. The van der Waals surface area contributed by atoms with Gasteiger partial charge >= 0.3 is 0 Å². The number of hydrogen-bond acceptors (Lipinski definition) is 4. The minimum Gasteiger partial charge on any atom is -0.342 e. The smallest absolute Gasteiger partial charge is 0.225 e. The normalized spacial score (nSPS) is 23.0. The number of hydrogen-bond donors (Lipinski definition) is 1. The number of amides is 1. The zero-order valence-electron chi connectivity index (χ0n) is 13.1. The van der Waals surface area contributed by atoms with Crippen LogP contribution in [0.5, 0.6) is 0 Å². The molecule has 0 spiro atoms. The third kappa shape index (κ3) is 4.13. The van der Waals surface area contributed by atoms with E-state index < -0.39 is 0 Å². The van der Waals surface area contributed by atoms with Gasteiger partial charge in [-0.15, -0.1) is 36.2 Å². The van der Waals surface area contributed by atoms with E-state index in [1.807, 2.05) is 6.92 Å². The molecule has 1 aromatic heterocycles. The van der Waals surface area contributed by atoms with Gasteiger partial charge in [0.2, 0.25) is 5.91 Å². The number of likely N-dealkylation sites (tertiary alicyclic amines) is 1. The van der Waals surface area contributed by atoms with Crippen molar-refractivity contribution in [3.63, 3.8) is 0 Å². The summed E-state index contributed by atoms with van der Waals surface area (Å²) in [6, 6.07) is 0. The standard InChI is InChI=1S/C15H23N3OS.2ClH/c1-10-9-20-14(17-10)12-4-3-5-18(8-12)15(19)11(2)13-6-16-7-13;;/h9,11-13,16H,3-8H2,1-2H3;2*1H. The predicted octanol–water partition coefficient (Wildman–Crippen LogP) is 2.86. The molecule has 1 aromatic rings. The lowest BCUT2D eigenvalue weighted by Gasteiger charge is -2.38. The Bertz CT molecular complexity index is 493. The fourth-order valence-electron chi connectivity index (χ4n) is 3.09. The Labute approximate surface area is 148 Å². The Balaban J connectivity index is 0.00000121. The van der Waals surface area contributed by atoms with Crippen LogP contribution in [-0.4, -0.2) is 42.0 Å². The van der Waals surface area contributed by atoms with Gasteiger partial charge in [-0.05, 0) is 38.8 Å².